The Hall–Kier alpha value is -0.680. The van der Waals surface area contributed by atoms with Crippen LogP contribution in [0.15, 0.2) is 24.3 Å². The van der Waals surface area contributed by atoms with Crippen LogP contribution < -0.4 is 4.72 Å². The predicted molar refractivity (Wildman–Crippen MR) is 93.2 cm³/mol. The van der Waals surface area contributed by atoms with Crippen LogP contribution in [-0.2, 0) is 6.54 Å². The first-order valence-corrected chi connectivity index (χ1v) is 8.66. The van der Waals surface area contributed by atoms with Gasteiger partial charge in [-0.05, 0) is 34.3 Å². The van der Waals surface area contributed by atoms with Gasteiger partial charge in [0.15, 0.2) is 0 Å². The number of benzene rings is 1. The van der Waals surface area contributed by atoms with Crippen molar-refractivity contribution in [2.45, 2.75) is 65.9 Å². The third kappa shape index (κ3) is 8.11. The molecule has 0 fully saturated rings. The maximum Gasteiger partial charge on any atom is 0.456 e. The standard InChI is InChI=1S/C18H28F3NS/c1-16(2,3)11-15(17(4,5)6)14-9-7-13(8-10-14)12-22-23-18(19,20)21/h7-10,15,22H,11-12H2,1-6H3. The summed E-state index contributed by atoms with van der Waals surface area (Å²) in [5, 5.41) is 0. The van der Waals surface area contributed by atoms with Gasteiger partial charge in [-0.3, -0.25) is 4.72 Å². The van der Waals surface area contributed by atoms with Gasteiger partial charge >= 0.3 is 5.51 Å². The Labute approximate surface area is 142 Å². The minimum absolute atomic E-state index is 0.138. The summed E-state index contributed by atoms with van der Waals surface area (Å²) in [7, 11) is 0. The molecule has 0 aromatic heterocycles. The molecule has 1 atom stereocenters. The van der Waals surface area contributed by atoms with E-state index in [1.807, 2.05) is 12.1 Å². The lowest BCUT2D eigenvalue weighted by molar-refractivity contribution is -0.0336. The highest BCUT2D eigenvalue weighted by molar-refractivity contribution is 7.98. The first kappa shape index (κ1) is 20.4. The Kier molecular flexibility index (Phi) is 6.62. The van der Waals surface area contributed by atoms with Crippen molar-refractivity contribution >= 4 is 11.9 Å². The summed E-state index contributed by atoms with van der Waals surface area (Å²) in [4.78, 5) is 0. The molecule has 0 heterocycles. The van der Waals surface area contributed by atoms with Crippen LogP contribution in [0, 0.1) is 10.8 Å². The average Bonchev–Trinajstić information content (AvgIpc) is 2.33. The zero-order valence-electron chi connectivity index (χ0n) is 14.8. The minimum Gasteiger partial charge on any atom is -0.252 e. The molecule has 0 aliphatic rings. The van der Waals surface area contributed by atoms with Crippen molar-refractivity contribution in [3.63, 3.8) is 0 Å². The van der Waals surface area contributed by atoms with Gasteiger partial charge in [0.25, 0.3) is 0 Å². The van der Waals surface area contributed by atoms with Crippen LogP contribution in [0.25, 0.3) is 0 Å². The van der Waals surface area contributed by atoms with Gasteiger partial charge in [-0.1, -0.05) is 65.8 Å². The van der Waals surface area contributed by atoms with Gasteiger partial charge in [-0.25, -0.2) is 0 Å². The fraction of sp³-hybridized carbons (Fsp3) is 0.667. The van der Waals surface area contributed by atoms with Crippen LogP contribution in [0.5, 0.6) is 0 Å². The van der Waals surface area contributed by atoms with Gasteiger partial charge in [0, 0.05) is 18.5 Å². The van der Waals surface area contributed by atoms with Crippen LogP contribution in [0.4, 0.5) is 13.2 Å². The van der Waals surface area contributed by atoms with Gasteiger partial charge in [0.2, 0.25) is 0 Å². The van der Waals surface area contributed by atoms with E-state index in [2.05, 4.69) is 58.4 Å². The molecule has 1 nitrogen and oxygen atoms in total. The molecule has 0 radical (unpaired) electrons. The number of alkyl halides is 3. The van der Waals surface area contributed by atoms with Crippen molar-refractivity contribution in [1.29, 1.82) is 0 Å². The molecule has 1 N–H and O–H groups in total. The molecule has 0 saturated heterocycles. The topological polar surface area (TPSA) is 12.0 Å². The van der Waals surface area contributed by atoms with Crippen molar-refractivity contribution in [2.75, 3.05) is 0 Å². The number of halogens is 3. The first-order valence-electron chi connectivity index (χ1n) is 7.84. The second-order valence-electron chi connectivity index (χ2n) is 8.29. The Morgan fingerprint density at radius 2 is 1.48 bits per heavy atom. The molecule has 0 saturated carbocycles. The summed E-state index contributed by atoms with van der Waals surface area (Å²) in [6, 6.07) is 7.94. The second kappa shape index (κ2) is 7.47. The number of rotatable bonds is 5. The van der Waals surface area contributed by atoms with E-state index in [1.54, 1.807) is 0 Å². The van der Waals surface area contributed by atoms with Gasteiger partial charge < -0.3 is 0 Å². The quantitative estimate of drug-likeness (QED) is 0.609. The van der Waals surface area contributed by atoms with Crippen molar-refractivity contribution in [2.24, 2.45) is 10.8 Å². The molecule has 1 aromatic rings. The Bertz CT molecular complexity index is 481. The molecular weight excluding hydrogens is 319 g/mol. The van der Waals surface area contributed by atoms with E-state index in [4.69, 9.17) is 0 Å². The zero-order chi connectivity index (χ0) is 17.9. The molecule has 0 amide bonds. The third-order valence-corrected chi connectivity index (χ3v) is 4.23. The lowest BCUT2D eigenvalue weighted by Gasteiger charge is -2.36. The van der Waals surface area contributed by atoms with Gasteiger partial charge in [-0.2, -0.15) is 13.2 Å². The second-order valence-corrected chi connectivity index (χ2v) is 9.25. The van der Waals surface area contributed by atoms with Gasteiger partial charge in [0.1, 0.15) is 0 Å². The van der Waals surface area contributed by atoms with Crippen LogP contribution in [0.1, 0.15) is 65.0 Å². The summed E-state index contributed by atoms with van der Waals surface area (Å²) in [6.45, 7) is 13.6. The van der Waals surface area contributed by atoms with E-state index in [1.165, 1.54) is 5.56 Å². The van der Waals surface area contributed by atoms with E-state index >= 15 is 0 Å². The SMILES string of the molecule is CC(C)(C)CC(c1ccc(CNSC(F)(F)F)cc1)C(C)(C)C. The molecule has 132 valence electrons. The molecule has 0 bridgehead atoms. The van der Waals surface area contributed by atoms with E-state index in [9.17, 15) is 13.2 Å². The molecule has 1 unspecified atom stereocenters. The summed E-state index contributed by atoms with van der Waals surface area (Å²) in [6.07, 6.45) is 1.07. The van der Waals surface area contributed by atoms with Crippen LogP contribution in [0.3, 0.4) is 0 Å². The molecular formula is C18H28F3NS. The maximum absolute atomic E-state index is 12.1. The van der Waals surface area contributed by atoms with Gasteiger partial charge in [-0.15, -0.1) is 0 Å². The zero-order valence-corrected chi connectivity index (χ0v) is 15.7. The summed E-state index contributed by atoms with van der Waals surface area (Å²) in [5.41, 5.74) is -1.78. The van der Waals surface area contributed by atoms with Crippen LogP contribution >= 0.6 is 11.9 Å². The highest BCUT2D eigenvalue weighted by Crippen LogP contribution is 2.43. The lowest BCUT2D eigenvalue weighted by atomic mass is 9.69. The normalized spacial score (nSPS) is 14.8. The molecule has 5 heteroatoms. The smallest absolute Gasteiger partial charge is 0.252 e. The molecule has 23 heavy (non-hydrogen) atoms. The van der Waals surface area contributed by atoms with Crippen molar-refractivity contribution in [1.82, 2.24) is 4.72 Å². The number of hydrogen-bond donors (Lipinski definition) is 1. The van der Waals surface area contributed by atoms with E-state index < -0.39 is 5.51 Å². The lowest BCUT2D eigenvalue weighted by Crippen LogP contribution is -2.23. The van der Waals surface area contributed by atoms with Gasteiger partial charge in [0.05, 0.1) is 0 Å². The van der Waals surface area contributed by atoms with E-state index in [0.29, 0.717) is 5.92 Å². The summed E-state index contributed by atoms with van der Waals surface area (Å²) >= 11 is -0.199. The van der Waals surface area contributed by atoms with E-state index in [-0.39, 0.29) is 29.3 Å². The molecule has 0 spiro atoms. The highest BCUT2D eigenvalue weighted by atomic mass is 32.2. The Morgan fingerprint density at radius 3 is 1.87 bits per heavy atom. The Morgan fingerprint density at radius 1 is 0.957 bits per heavy atom. The predicted octanol–water partition coefficient (Wildman–Crippen LogP) is 6.51. The number of hydrogen-bond acceptors (Lipinski definition) is 2. The van der Waals surface area contributed by atoms with Crippen molar-refractivity contribution in [3.8, 4) is 0 Å². The van der Waals surface area contributed by atoms with E-state index in [0.717, 1.165) is 12.0 Å². The Balaban J connectivity index is 2.79. The summed E-state index contributed by atoms with van der Waals surface area (Å²) < 4.78 is 38.7. The van der Waals surface area contributed by atoms with Crippen LogP contribution in [-0.4, -0.2) is 5.51 Å². The molecule has 1 rings (SSSR count). The summed E-state index contributed by atoms with van der Waals surface area (Å²) in [5.74, 6) is 0.411. The minimum atomic E-state index is -4.25. The fourth-order valence-electron chi connectivity index (χ4n) is 2.61. The average molecular weight is 347 g/mol. The molecule has 1 aromatic carbocycles. The molecule has 0 aliphatic carbocycles. The largest absolute Gasteiger partial charge is 0.456 e. The third-order valence-electron chi connectivity index (χ3n) is 3.71. The molecule has 0 aliphatic heterocycles. The first-order chi connectivity index (χ1) is 10.3. The maximum atomic E-state index is 12.1. The highest BCUT2D eigenvalue weighted by Gasteiger charge is 2.30. The van der Waals surface area contributed by atoms with Crippen molar-refractivity contribution < 1.29 is 13.2 Å². The number of nitrogens with one attached hydrogen (secondary N) is 1. The van der Waals surface area contributed by atoms with Crippen LogP contribution in [0.2, 0.25) is 0 Å². The monoisotopic (exact) mass is 347 g/mol. The fourth-order valence-corrected chi connectivity index (χ4v) is 3.01. The van der Waals surface area contributed by atoms with Crippen molar-refractivity contribution in [3.05, 3.63) is 35.4 Å².